The Kier molecular flexibility index (Phi) is 4.25. The Hall–Kier alpha value is -1.75. The molecule has 0 bridgehead atoms. The Morgan fingerprint density at radius 2 is 1.95 bits per heavy atom. The van der Waals surface area contributed by atoms with E-state index in [2.05, 4.69) is 5.32 Å². The third-order valence-electron chi connectivity index (χ3n) is 3.16. The molecular weight excluding hydrogens is 341 g/mol. The van der Waals surface area contributed by atoms with Gasteiger partial charge in [-0.1, -0.05) is 35.3 Å². The monoisotopic (exact) mass is 351 g/mol. The van der Waals surface area contributed by atoms with Crippen LogP contribution in [0.5, 0.6) is 5.75 Å². The van der Waals surface area contributed by atoms with Gasteiger partial charge in [0.1, 0.15) is 10.6 Å². The maximum absolute atomic E-state index is 12.4. The van der Waals surface area contributed by atoms with Crippen LogP contribution in [0.4, 0.5) is 5.69 Å². The summed E-state index contributed by atoms with van der Waals surface area (Å²) in [6.07, 6.45) is 0. The number of halogens is 2. The number of hydrogen-bond donors (Lipinski definition) is 1. The number of methoxy groups -OCH3 is 1. The molecule has 3 aromatic rings. The number of anilines is 1. The van der Waals surface area contributed by atoms with Gasteiger partial charge in [0.05, 0.1) is 22.8 Å². The van der Waals surface area contributed by atoms with Gasteiger partial charge in [0.15, 0.2) is 0 Å². The minimum atomic E-state index is -0.279. The van der Waals surface area contributed by atoms with Crippen LogP contribution in [0.15, 0.2) is 42.5 Å². The third kappa shape index (κ3) is 2.77. The molecule has 112 valence electrons. The maximum atomic E-state index is 12.4. The van der Waals surface area contributed by atoms with E-state index in [-0.39, 0.29) is 5.91 Å². The van der Waals surface area contributed by atoms with Gasteiger partial charge in [-0.2, -0.15) is 0 Å². The largest absolute Gasteiger partial charge is 0.497 e. The molecule has 0 saturated heterocycles. The zero-order chi connectivity index (χ0) is 15.7. The Balaban J connectivity index is 1.97. The minimum Gasteiger partial charge on any atom is -0.497 e. The van der Waals surface area contributed by atoms with E-state index >= 15 is 0 Å². The SMILES string of the molecule is COc1ccc2sc(C(=O)Nc3ccccc3Cl)c(Cl)c2c1. The average Bonchev–Trinajstić information content (AvgIpc) is 2.86. The summed E-state index contributed by atoms with van der Waals surface area (Å²) in [5, 5.41) is 4.48. The van der Waals surface area contributed by atoms with E-state index in [4.69, 9.17) is 27.9 Å². The van der Waals surface area contributed by atoms with Gasteiger partial charge in [-0.3, -0.25) is 4.79 Å². The van der Waals surface area contributed by atoms with Crippen molar-refractivity contribution in [2.45, 2.75) is 0 Å². The Labute approximate surface area is 141 Å². The van der Waals surface area contributed by atoms with Crippen LogP contribution in [0.3, 0.4) is 0 Å². The molecule has 3 nitrogen and oxygen atoms in total. The van der Waals surface area contributed by atoms with Crippen molar-refractivity contribution in [2.75, 3.05) is 12.4 Å². The van der Waals surface area contributed by atoms with E-state index in [1.165, 1.54) is 11.3 Å². The molecule has 1 aromatic heterocycles. The number of carbonyl (C=O) groups is 1. The molecule has 0 aliphatic carbocycles. The first-order valence-corrected chi connectivity index (χ1v) is 7.99. The number of rotatable bonds is 3. The summed E-state index contributed by atoms with van der Waals surface area (Å²) in [4.78, 5) is 12.9. The highest BCUT2D eigenvalue weighted by atomic mass is 35.5. The van der Waals surface area contributed by atoms with Crippen molar-refractivity contribution in [3.63, 3.8) is 0 Å². The number of carbonyl (C=O) groups excluding carboxylic acids is 1. The van der Waals surface area contributed by atoms with Crippen LogP contribution in [0.25, 0.3) is 10.1 Å². The number of nitrogens with one attached hydrogen (secondary N) is 1. The molecule has 0 aliphatic heterocycles. The highest BCUT2D eigenvalue weighted by Gasteiger charge is 2.18. The molecule has 0 saturated carbocycles. The summed E-state index contributed by atoms with van der Waals surface area (Å²) in [6.45, 7) is 0. The molecular formula is C16H11Cl2NO2S. The van der Waals surface area contributed by atoms with E-state index in [0.717, 1.165) is 10.1 Å². The number of benzene rings is 2. The first-order chi connectivity index (χ1) is 10.6. The van der Waals surface area contributed by atoms with Gasteiger partial charge < -0.3 is 10.1 Å². The molecule has 2 aromatic carbocycles. The minimum absolute atomic E-state index is 0.279. The highest BCUT2D eigenvalue weighted by molar-refractivity contribution is 7.21. The van der Waals surface area contributed by atoms with E-state index in [9.17, 15) is 4.79 Å². The fourth-order valence-electron chi connectivity index (χ4n) is 2.06. The van der Waals surface area contributed by atoms with Gasteiger partial charge in [0.2, 0.25) is 0 Å². The van der Waals surface area contributed by atoms with Crippen molar-refractivity contribution in [2.24, 2.45) is 0 Å². The smallest absolute Gasteiger partial charge is 0.267 e. The standard InChI is InChI=1S/C16H11Cl2NO2S/c1-21-9-6-7-13-10(8-9)14(18)15(22-13)16(20)19-12-5-3-2-4-11(12)17/h2-8H,1H3,(H,19,20). The van der Waals surface area contributed by atoms with Crippen LogP contribution in [0.1, 0.15) is 9.67 Å². The van der Waals surface area contributed by atoms with Crippen LogP contribution < -0.4 is 10.1 Å². The van der Waals surface area contributed by atoms with Gasteiger partial charge in [0.25, 0.3) is 5.91 Å². The number of fused-ring (bicyclic) bond motifs is 1. The molecule has 1 N–H and O–H groups in total. The molecule has 3 rings (SSSR count). The zero-order valence-electron chi connectivity index (χ0n) is 11.5. The number of ether oxygens (including phenoxy) is 1. The second kappa shape index (κ2) is 6.16. The first kappa shape index (κ1) is 15.2. The summed E-state index contributed by atoms with van der Waals surface area (Å²) in [7, 11) is 1.59. The molecule has 6 heteroatoms. The lowest BCUT2D eigenvalue weighted by Gasteiger charge is -2.05. The van der Waals surface area contributed by atoms with Crippen molar-refractivity contribution in [1.82, 2.24) is 0 Å². The van der Waals surface area contributed by atoms with Gasteiger partial charge in [0, 0.05) is 10.1 Å². The predicted octanol–water partition coefficient (Wildman–Crippen LogP) is 5.47. The van der Waals surface area contributed by atoms with Crippen LogP contribution >= 0.6 is 34.5 Å². The maximum Gasteiger partial charge on any atom is 0.267 e. The number of para-hydroxylation sites is 1. The van der Waals surface area contributed by atoms with Crippen molar-refractivity contribution < 1.29 is 9.53 Å². The lowest BCUT2D eigenvalue weighted by Crippen LogP contribution is -2.10. The molecule has 22 heavy (non-hydrogen) atoms. The summed E-state index contributed by atoms with van der Waals surface area (Å²) in [5.41, 5.74) is 0.556. The first-order valence-electron chi connectivity index (χ1n) is 6.42. The highest BCUT2D eigenvalue weighted by Crippen LogP contribution is 2.37. The van der Waals surface area contributed by atoms with Gasteiger partial charge >= 0.3 is 0 Å². The molecule has 0 radical (unpaired) electrons. The molecule has 1 amide bonds. The van der Waals surface area contributed by atoms with E-state index in [1.54, 1.807) is 31.4 Å². The Morgan fingerprint density at radius 3 is 2.68 bits per heavy atom. The van der Waals surface area contributed by atoms with Crippen LogP contribution in [-0.4, -0.2) is 13.0 Å². The fraction of sp³-hybridized carbons (Fsp3) is 0.0625. The molecule has 0 atom stereocenters. The lowest BCUT2D eigenvalue weighted by molar-refractivity contribution is 0.103. The number of hydrogen-bond acceptors (Lipinski definition) is 3. The van der Waals surface area contributed by atoms with Crippen LogP contribution in [0, 0.1) is 0 Å². The van der Waals surface area contributed by atoms with Crippen molar-refractivity contribution in [3.8, 4) is 5.75 Å². The molecule has 1 heterocycles. The second-order valence-electron chi connectivity index (χ2n) is 4.54. The lowest BCUT2D eigenvalue weighted by atomic mass is 10.2. The summed E-state index contributed by atoms with van der Waals surface area (Å²) in [6, 6.07) is 12.6. The average molecular weight is 352 g/mol. The fourth-order valence-corrected chi connectivity index (χ4v) is 3.63. The molecule has 0 unspecified atom stereocenters. The Morgan fingerprint density at radius 1 is 1.18 bits per heavy atom. The summed E-state index contributed by atoms with van der Waals surface area (Å²) >= 11 is 13.7. The predicted molar refractivity (Wildman–Crippen MR) is 92.8 cm³/mol. The molecule has 0 fully saturated rings. The molecule has 0 aliphatic rings. The van der Waals surface area contributed by atoms with E-state index in [0.29, 0.717) is 26.4 Å². The van der Waals surface area contributed by atoms with Gasteiger partial charge in [-0.15, -0.1) is 11.3 Å². The Bertz CT molecular complexity index is 860. The topological polar surface area (TPSA) is 38.3 Å². The van der Waals surface area contributed by atoms with Crippen molar-refractivity contribution in [3.05, 3.63) is 57.4 Å². The second-order valence-corrected chi connectivity index (χ2v) is 6.38. The zero-order valence-corrected chi connectivity index (χ0v) is 13.9. The van der Waals surface area contributed by atoms with Crippen LogP contribution in [-0.2, 0) is 0 Å². The summed E-state index contributed by atoms with van der Waals surface area (Å²) in [5.74, 6) is 0.420. The summed E-state index contributed by atoms with van der Waals surface area (Å²) < 4.78 is 6.11. The van der Waals surface area contributed by atoms with E-state index in [1.807, 2.05) is 18.2 Å². The number of amides is 1. The van der Waals surface area contributed by atoms with Crippen LogP contribution in [0.2, 0.25) is 10.0 Å². The van der Waals surface area contributed by atoms with Gasteiger partial charge in [-0.25, -0.2) is 0 Å². The molecule has 0 spiro atoms. The third-order valence-corrected chi connectivity index (χ3v) is 5.17. The van der Waals surface area contributed by atoms with Crippen molar-refractivity contribution in [1.29, 1.82) is 0 Å². The van der Waals surface area contributed by atoms with Crippen molar-refractivity contribution >= 4 is 56.2 Å². The normalized spacial score (nSPS) is 10.7. The van der Waals surface area contributed by atoms with Gasteiger partial charge in [-0.05, 0) is 30.3 Å². The van der Waals surface area contributed by atoms with E-state index < -0.39 is 0 Å². The number of thiophene rings is 1. The quantitative estimate of drug-likeness (QED) is 0.679.